The number of fused-ring (bicyclic) bond motifs is 1. The molecule has 0 atom stereocenters. The number of aliphatic hydroxyl groups excluding tert-OH is 1. The van der Waals surface area contributed by atoms with Crippen molar-refractivity contribution in [2.45, 2.75) is 6.61 Å². The van der Waals surface area contributed by atoms with Gasteiger partial charge in [0.2, 0.25) is 0 Å². The molecule has 2 aromatic carbocycles. The summed E-state index contributed by atoms with van der Waals surface area (Å²) in [6, 6.07) is 14.7. The minimum atomic E-state index is 0.00824. The van der Waals surface area contributed by atoms with Crippen molar-refractivity contribution >= 4 is 11.0 Å². The highest BCUT2D eigenvalue weighted by molar-refractivity contribution is 5.73. The Hall–Kier alpha value is -2.53. The molecule has 0 bridgehead atoms. The van der Waals surface area contributed by atoms with Gasteiger partial charge in [0.25, 0.3) is 0 Å². The second-order valence-corrected chi connectivity index (χ2v) is 3.99. The Balaban J connectivity index is 1.87. The number of nitrogens with zero attached hydrogens (tertiary/aromatic N) is 3. The van der Waals surface area contributed by atoms with Crippen molar-refractivity contribution in [2.75, 3.05) is 0 Å². The zero-order valence-corrected chi connectivity index (χ0v) is 10.0. The molecule has 0 unspecified atom stereocenters. The lowest BCUT2D eigenvalue weighted by Gasteiger charge is -2.04. The molecule has 94 valence electrons. The predicted octanol–water partition coefficient (Wildman–Crippen LogP) is 2.31. The third kappa shape index (κ3) is 2.51. The normalized spacial score (nSPS) is 10.6. The van der Waals surface area contributed by atoms with Gasteiger partial charge in [0.15, 0.2) is 0 Å². The van der Waals surface area contributed by atoms with E-state index >= 15 is 0 Å². The number of hydrogen-bond acceptors (Lipinski definition) is 5. The van der Waals surface area contributed by atoms with Crippen LogP contribution in [0.25, 0.3) is 11.0 Å². The molecule has 0 saturated carbocycles. The lowest BCUT2D eigenvalue weighted by Crippen LogP contribution is -1.95. The third-order valence-corrected chi connectivity index (χ3v) is 2.66. The van der Waals surface area contributed by atoms with Gasteiger partial charge in [-0.15, -0.1) is 5.10 Å². The highest BCUT2D eigenvalue weighted by atomic mass is 16.5. The lowest BCUT2D eigenvalue weighted by molar-refractivity contribution is 0.281. The lowest BCUT2D eigenvalue weighted by atomic mass is 10.2. The maximum absolute atomic E-state index is 8.96. The number of para-hydroxylation sites is 1. The molecule has 5 nitrogen and oxygen atoms in total. The van der Waals surface area contributed by atoms with Gasteiger partial charge in [-0.3, -0.25) is 0 Å². The van der Waals surface area contributed by atoms with Crippen molar-refractivity contribution in [3.8, 4) is 11.8 Å². The quantitative estimate of drug-likeness (QED) is 0.775. The number of rotatable bonds is 3. The molecular formula is C14H11N3O2. The summed E-state index contributed by atoms with van der Waals surface area (Å²) in [6.45, 7) is 0.00824. The van der Waals surface area contributed by atoms with E-state index in [9.17, 15) is 0 Å². The zero-order valence-electron chi connectivity index (χ0n) is 10.0. The van der Waals surface area contributed by atoms with E-state index in [1.807, 2.05) is 24.3 Å². The first-order valence-corrected chi connectivity index (χ1v) is 5.82. The van der Waals surface area contributed by atoms with Crippen LogP contribution >= 0.6 is 0 Å². The van der Waals surface area contributed by atoms with Crippen LogP contribution < -0.4 is 4.74 Å². The van der Waals surface area contributed by atoms with Crippen LogP contribution in [0.1, 0.15) is 5.56 Å². The van der Waals surface area contributed by atoms with Gasteiger partial charge in [0.1, 0.15) is 11.3 Å². The second-order valence-electron chi connectivity index (χ2n) is 3.99. The summed E-state index contributed by atoms with van der Waals surface area (Å²) in [5, 5.41) is 16.9. The Morgan fingerprint density at radius 2 is 1.63 bits per heavy atom. The van der Waals surface area contributed by atoms with E-state index in [-0.39, 0.29) is 12.6 Å². The third-order valence-electron chi connectivity index (χ3n) is 2.66. The van der Waals surface area contributed by atoms with Crippen LogP contribution in [0.3, 0.4) is 0 Å². The Morgan fingerprint density at radius 3 is 2.37 bits per heavy atom. The molecule has 0 fully saturated rings. The fraction of sp³-hybridized carbons (Fsp3) is 0.0714. The van der Waals surface area contributed by atoms with E-state index in [1.54, 1.807) is 24.3 Å². The van der Waals surface area contributed by atoms with Crippen LogP contribution in [0, 0.1) is 0 Å². The first-order chi connectivity index (χ1) is 9.35. The molecule has 0 aliphatic rings. The molecule has 3 aromatic rings. The Bertz CT molecular complexity index is 698. The Kier molecular flexibility index (Phi) is 3.04. The number of hydrogen-bond donors (Lipinski definition) is 1. The van der Waals surface area contributed by atoms with Crippen LogP contribution in [0.5, 0.6) is 11.8 Å². The summed E-state index contributed by atoms with van der Waals surface area (Å²) < 4.78 is 5.52. The maximum Gasteiger partial charge on any atom is 0.341 e. The van der Waals surface area contributed by atoms with Gasteiger partial charge in [-0.25, -0.2) is 0 Å². The van der Waals surface area contributed by atoms with Crippen molar-refractivity contribution in [1.29, 1.82) is 0 Å². The molecule has 1 aromatic heterocycles. The molecule has 19 heavy (non-hydrogen) atoms. The fourth-order valence-corrected chi connectivity index (χ4v) is 1.68. The second kappa shape index (κ2) is 4.99. The van der Waals surface area contributed by atoms with Crippen LogP contribution in [0.15, 0.2) is 48.5 Å². The van der Waals surface area contributed by atoms with Gasteiger partial charge >= 0.3 is 6.01 Å². The summed E-state index contributed by atoms with van der Waals surface area (Å²) in [4.78, 5) is 4.27. The fourth-order valence-electron chi connectivity index (χ4n) is 1.68. The monoisotopic (exact) mass is 253 g/mol. The molecular weight excluding hydrogens is 242 g/mol. The predicted molar refractivity (Wildman–Crippen MR) is 69.8 cm³/mol. The molecule has 0 amide bonds. The Morgan fingerprint density at radius 1 is 0.895 bits per heavy atom. The van der Waals surface area contributed by atoms with Gasteiger partial charge in [-0.1, -0.05) is 29.4 Å². The first-order valence-electron chi connectivity index (χ1n) is 5.82. The van der Waals surface area contributed by atoms with Crippen molar-refractivity contribution in [3.63, 3.8) is 0 Å². The molecule has 5 heteroatoms. The van der Waals surface area contributed by atoms with Crippen LogP contribution in [-0.2, 0) is 6.61 Å². The highest BCUT2D eigenvalue weighted by Crippen LogP contribution is 2.19. The van der Waals surface area contributed by atoms with E-state index in [0.29, 0.717) is 5.75 Å². The molecule has 3 rings (SSSR count). The number of aromatic nitrogens is 3. The van der Waals surface area contributed by atoms with Gasteiger partial charge in [-0.05, 0) is 29.8 Å². The molecule has 0 saturated heterocycles. The van der Waals surface area contributed by atoms with Gasteiger partial charge in [-0.2, -0.15) is 4.98 Å². The van der Waals surface area contributed by atoms with Crippen molar-refractivity contribution < 1.29 is 9.84 Å². The van der Waals surface area contributed by atoms with E-state index in [0.717, 1.165) is 16.6 Å². The minimum absolute atomic E-state index is 0.00824. The molecule has 1 N–H and O–H groups in total. The average Bonchev–Trinajstić information content (AvgIpc) is 2.48. The van der Waals surface area contributed by atoms with E-state index in [1.165, 1.54) is 0 Å². The van der Waals surface area contributed by atoms with E-state index in [2.05, 4.69) is 15.2 Å². The summed E-state index contributed by atoms with van der Waals surface area (Å²) in [7, 11) is 0. The Labute approximate surface area is 109 Å². The van der Waals surface area contributed by atoms with Crippen LogP contribution in [0.4, 0.5) is 0 Å². The molecule has 1 heterocycles. The van der Waals surface area contributed by atoms with Crippen LogP contribution in [-0.4, -0.2) is 20.3 Å². The SMILES string of the molecule is OCc1ccc(Oc2nnc3ccccc3n2)cc1. The summed E-state index contributed by atoms with van der Waals surface area (Å²) in [5.74, 6) is 0.606. The van der Waals surface area contributed by atoms with Gasteiger partial charge < -0.3 is 9.84 Å². The number of benzene rings is 2. The first kappa shape index (κ1) is 11.6. The minimum Gasteiger partial charge on any atom is -0.423 e. The summed E-state index contributed by atoms with van der Waals surface area (Å²) in [5.41, 5.74) is 2.29. The standard InChI is InChI=1S/C14H11N3O2/c18-9-10-5-7-11(8-6-10)19-14-15-12-3-1-2-4-13(12)16-17-14/h1-8,18H,9H2. The van der Waals surface area contributed by atoms with Crippen LogP contribution in [0.2, 0.25) is 0 Å². The number of ether oxygens (including phenoxy) is 1. The molecule has 0 aliphatic heterocycles. The zero-order chi connectivity index (χ0) is 13.1. The largest absolute Gasteiger partial charge is 0.423 e. The maximum atomic E-state index is 8.96. The smallest absolute Gasteiger partial charge is 0.341 e. The van der Waals surface area contributed by atoms with Crippen molar-refractivity contribution in [1.82, 2.24) is 15.2 Å². The van der Waals surface area contributed by atoms with Crippen molar-refractivity contribution in [3.05, 3.63) is 54.1 Å². The summed E-state index contributed by atoms with van der Waals surface area (Å²) in [6.07, 6.45) is 0. The summed E-state index contributed by atoms with van der Waals surface area (Å²) >= 11 is 0. The molecule has 0 spiro atoms. The highest BCUT2D eigenvalue weighted by Gasteiger charge is 2.03. The van der Waals surface area contributed by atoms with Gasteiger partial charge in [0, 0.05) is 0 Å². The van der Waals surface area contributed by atoms with Crippen molar-refractivity contribution in [2.24, 2.45) is 0 Å². The molecule has 0 aliphatic carbocycles. The van der Waals surface area contributed by atoms with E-state index in [4.69, 9.17) is 9.84 Å². The van der Waals surface area contributed by atoms with Gasteiger partial charge in [0.05, 0.1) is 12.1 Å². The average molecular weight is 253 g/mol. The van der Waals surface area contributed by atoms with E-state index < -0.39 is 0 Å². The molecule has 0 radical (unpaired) electrons. The number of aliphatic hydroxyl groups is 1. The topological polar surface area (TPSA) is 68.1 Å².